The summed E-state index contributed by atoms with van der Waals surface area (Å²) in [6, 6.07) is 3.84. The Hall–Kier alpha value is -1.88. The van der Waals surface area contributed by atoms with Crippen LogP contribution in [0.2, 0.25) is 0 Å². The van der Waals surface area contributed by atoms with Crippen molar-refractivity contribution in [2.45, 2.75) is 6.42 Å². The van der Waals surface area contributed by atoms with Crippen molar-refractivity contribution in [1.82, 2.24) is 14.8 Å². The molecule has 0 aliphatic rings. The zero-order valence-electron chi connectivity index (χ0n) is 9.13. The summed E-state index contributed by atoms with van der Waals surface area (Å²) < 4.78 is 7.31. The normalized spacial score (nSPS) is 10.4. The summed E-state index contributed by atoms with van der Waals surface area (Å²) in [6.07, 6.45) is 5.90. The molecule has 0 aromatic carbocycles. The Bertz CT molecular complexity index is 467. The fourth-order valence-electron chi connectivity index (χ4n) is 1.42. The molecule has 2 N–H and O–H groups in total. The first-order valence-electron chi connectivity index (χ1n) is 5.10. The third-order valence-electron chi connectivity index (χ3n) is 2.16. The standard InChI is InChI=1S/C11H14N4O/c1-15-8-10(7-14-15)16-11-9(4-5-12)3-2-6-13-11/h2-3,6-8H,4-5,12H2,1H3. The van der Waals surface area contributed by atoms with Gasteiger partial charge in [-0.25, -0.2) is 4.98 Å². The molecule has 2 aromatic rings. The molecular formula is C11H14N4O. The number of pyridine rings is 1. The van der Waals surface area contributed by atoms with Crippen LogP contribution < -0.4 is 10.5 Å². The maximum Gasteiger partial charge on any atom is 0.222 e. The van der Waals surface area contributed by atoms with Gasteiger partial charge in [0.05, 0.1) is 12.4 Å². The Morgan fingerprint density at radius 1 is 1.50 bits per heavy atom. The molecule has 2 rings (SSSR count). The summed E-state index contributed by atoms with van der Waals surface area (Å²) in [5.41, 5.74) is 6.54. The number of rotatable bonds is 4. The minimum absolute atomic E-state index is 0.578. The Kier molecular flexibility index (Phi) is 3.16. The monoisotopic (exact) mass is 218 g/mol. The Balaban J connectivity index is 2.20. The molecule has 0 bridgehead atoms. The summed E-state index contributed by atoms with van der Waals surface area (Å²) in [7, 11) is 1.84. The zero-order chi connectivity index (χ0) is 11.4. The molecule has 5 nitrogen and oxygen atoms in total. The molecule has 0 aliphatic carbocycles. The molecule has 0 saturated heterocycles. The van der Waals surface area contributed by atoms with E-state index in [4.69, 9.17) is 10.5 Å². The minimum Gasteiger partial charge on any atom is -0.435 e. The lowest BCUT2D eigenvalue weighted by atomic mass is 10.2. The molecule has 0 radical (unpaired) electrons. The van der Waals surface area contributed by atoms with E-state index in [1.54, 1.807) is 23.3 Å². The highest BCUT2D eigenvalue weighted by molar-refractivity contribution is 5.30. The van der Waals surface area contributed by atoms with Crippen molar-refractivity contribution in [3.63, 3.8) is 0 Å². The van der Waals surface area contributed by atoms with E-state index in [9.17, 15) is 0 Å². The second-order valence-corrected chi connectivity index (χ2v) is 3.46. The summed E-state index contributed by atoms with van der Waals surface area (Å²) >= 11 is 0. The van der Waals surface area contributed by atoms with Crippen LogP contribution in [0.5, 0.6) is 11.6 Å². The predicted octanol–water partition coefficient (Wildman–Crippen LogP) is 1.11. The number of nitrogens with zero attached hydrogens (tertiary/aromatic N) is 3. The lowest BCUT2D eigenvalue weighted by molar-refractivity contribution is 0.455. The summed E-state index contributed by atoms with van der Waals surface area (Å²) in [5, 5.41) is 4.03. The third kappa shape index (κ3) is 2.38. The molecule has 0 saturated carbocycles. The van der Waals surface area contributed by atoms with Gasteiger partial charge in [0.15, 0.2) is 5.75 Å². The van der Waals surface area contributed by atoms with Crippen molar-refractivity contribution >= 4 is 0 Å². The first-order chi connectivity index (χ1) is 7.79. The number of ether oxygens (including phenoxy) is 1. The number of aryl methyl sites for hydroxylation is 1. The Morgan fingerprint density at radius 3 is 3.06 bits per heavy atom. The molecule has 0 atom stereocenters. The fraction of sp³-hybridized carbons (Fsp3) is 0.273. The van der Waals surface area contributed by atoms with Crippen LogP contribution in [0, 0.1) is 0 Å². The number of nitrogens with two attached hydrogens (primary N) is 1. The van der Waals surface area contributed by atoms with Gasteiger partial charge in [0, 0.05) is 18.8 Å². The van der Waals surface area contributed by atoms with E-state index in [1.165, 1.54) is 0 Å². The highest BCUT2D eigenvalue weighted by Gasteiger charge is 2.06. The molecule has 2 heterocycles. The van der Waals surface area contributed by atoms with Crippen molar-refractivity contribution in [3.8, 4) is 11.6 Å². The van der Waals surface area contributed by atoms with Gasteiger partial charge in [0.25, 0.3) is 0 Å². The van der Waals surface area contributed by atoms with Crippen molar-refractivity contribution in [2.75, 3.05) is 6.54 Å². The largest absolute Gasteiger partial charge is 0.435 e. The summed E-state index contributed by atoms with van der Waals surface area (Å²) in [5.74, 6) is 1.28. The molecule has 0 unspecified atom stereocenters. The van der Waals surface area contributed by atoms with E-state index in [0.29, 0.717) is 18.2 Å². The number of aromatic nitrogens is 3. The molecule has 0 amide bonds. The van der Waals surface area contributed by atoms with Gasteiger partial charge >= 0.3 is 0 Å². The maximum absolute atomic E-state index is 5.63. The average molecular weight is 218 g/mol. The summed E-state index contributed by atoms with van der Waals surface area (Å²) in [6.45, 7) is 0.578. The van der Waals surface area contributed by atoms with E-state index in [2.05, 4.69) is 10.1 Å². The van der Waals surface area contributed by atoms with E-state index in [0.717, 1.165) is 12.0 Å². The van der Waals surface area contributed by atoms with Crippen LogP contribution in [-0.2, 0) is 13.5 Å². The van der Waals surface area contributed by atoms with Crippen LogP contribution >= 0.6 is 0 Å². The van der Waals surface area contributed by atoms with Gasteiger partial charge in [0.1, 0.15) is 0 Å². The first kappa shape index (κ1) is 10.6. The van der Waals surface area contributed by atoms with Gasteiger partial charge in [-0.05, 0) is 19.0 Å². The fourth-order valence-corrected chi connectivity index (χ4v) is 1.42. The molecular weight excluding hydrogens is 204 g/mol. The van der Waals surface area contributed by atoms with Crippen LogP contribution in [0.15, 0.2) is 30.7 Å². The van der Waals surface area contributed by atoms with Gasteiger partial charge in [-0.2, -0.15) is 5.10 Å². The average Bonchev–Trinajstić information content (AvgIpc) is 2.67. The van der Waals surface area contributed by atoms with E-state index in [1.807, 2.05) is 19.2 Å². The zero-order valence-corrected chi connectivity index (χ0v) is 9.13. The van der Waals surface area contributed by atoms with E-state index in [-0.39, 0.29) is 0 Å². The molecule has 0 spiro atoms. The molecule has 16 heavy (non-hydrogen) atoms. The van der Waals surface area contributed by atoms with Crippen LogP contribution in [-0.4, -0.2) is 21.3 Å². The highest BCUT2D eigenvalue weighted by atomic mass is 16.5. The van der Waals surface area contributed by atoms with Crippen LogP contribution in [0.25, 0.3) is 0 Å². The minimum atomic E-state index is 0.578. The third-order valence-corrected chi connectivity index (χ3v) is 2.16. The van der Waals surface area contributed by atoms with Crippen molar-refractivity contribution in [3.05, 3.63) is 36.3 Å². The molecule has 84 valence electrons. The van der Waals surface area contributed by atoms with Crippen LogP contribution in [0.1, 0.15) is 5.56 Å². The SMILES string of the molecule is Cn1cc(Oc2ncccc2CCN)cn1. The highest BCUT2D eigenvalue weighted by Crippen LogP contribution is 2.22. The van der Waals surface area contributed by atoms with Gasteiger partial charge in [-0.3, -0.25) is 4.68 Å². The lowest BCUT2D eigenvalue weighted by Crippen LogP contribution is -2.04. The Labute approximate surface area is 93.9 Å². The van der Waals surface area contributed by atoms with Crippen molar-refractivity contribution in [1.29, 1.82) is 0 Å². The maximum atomic E-state index is 5.63. The Morgan fingerprint density at radius 2 is 2.38 bits per heavy atom. The van der Waals surface area contributed by atoms with Crippen molar-refractivity contribution in [2.24, 2.45) is 12.8 Å². The molecule has 5 heteroatoms. The van der Waals surface area contributed by atoms with Gasteiger partial charge in [0.2, 0.25) is 5.88 Å². The second kappa shape index (κ2) is 4.76. The van der Waals surface area contributed by atoms with Gasteiger partial charge < -0.3 is 10.5 Å². The molecule has 0 aliphatic heterocycles. The van der Waals surface area contributed by atoms with Gasteiger partial charge in [-0.15, -0.1) is 0 Å². The number of hydrogen-bond donors (Lipinski definition) is 1. The van der Waals surface area contributed by atoms with Crippen LogP contribution in [0.4, 0.5) is 0 Å². The smallest absolute Gasteiger partial charge is 0.222 e. The molecule has 0 fully saturated rings. The van der Waals surface area contributed by atoms with Crippen molar-refractivity contribution < 1.29 is 4.74 Å². The number of hydrogen-bond acceptors (Lipinski definition) is 4. The van der Waals surface area contributed by atoms with Gasteiger partial charge in [-0.1, -0.05) is 6.07 Å². The predicted molar refractivity (Wildman–Crippen MR) is 60.3 cm³/mol. The topological polar surface area (TPSA) is 66.0 Å². The quantitative estimate of drug-likeness (QED) is 0.834. The first-order valence-corrected chi connectivity index (χ1v) is 5.10. The van der Waals surface area contributed by atoms with E-state index < -0.39 is 0 Å². The lowest BCUT2D eigenvalue weighted by Gasteiger charge is -2.06. The summed E-state index contributed by atoms with van der Waals surface area (Å²) in [4.78, 5) is 4.19. The van der Waals surface area contributed by atoms with Crippen LogP contribution in [0.3, 0.4) is 0 Å². The van der Waals surface area contributed by atoms with E-state index >= 15 is 0 Å². The molecule has 2 aromatic heterocycles. The second-order valence-electron chi connectivity index (χ2n) is 3.46.